The van der Waals surface area contributed by atoms with Crippen LogP contribution in [0.15, 0.2) is 84.9 Å². The SMILES string of the molecule is CC(C)(C)c1cccc2c1C(=O)c1ccccc1C2=O.Cc1ccc2c(c1)C(=O)c1ccccc1C2=O. The highest BCUT2D eigenvalue weighted by molar-refractivity contribution is 6.29. The highest BCUT2D eigenvalue weighted by Crippen LogP contribution is 2.34. The van der Waals surface area contributed by atoms with Crippen LogP contribution in [0, 0.1) is 6.92 Å². The Kier molecular flexibility index (Phi) is 5.83. The lowest BCUT2D eigenvalue weighted by Gasteiger charge is -2.26. The van der Waals surface area contributed by atoms with Gasteiger partial charge in [-0.15, -0.1) is 0 Å². The van der Waals surface area contributed by atoms with Gasteiger partial charge < -0.3 is 0 Å². The molecule has 6 rings (SSSR count). The predicted molar refractivity (Wildman–Crippen MR) is 143 cm³/mol. The first-order chi connectivity index (χ1) is 17.6. The highest BCUT2D eigenvalue weighted by atomic mass is 16.1. The molecular weight excluding hydrogens is 460 g/mol. The van der Waals surface area contributed by atoms with Gasteiger partial charge in [0.1, 0.15) is 0 Å². The lowest BCUT2D eigenvalue weighted by Crippen LogP contribution is -2.26. The van der Waals surface area contributed by atoms with E-state index in [2.05, 4.69) is 20.8 Å². The van der Waals surface area contributed by atoms with Gasteiger partial charge in [0.05, 0.1) is 0 Å². The van der Waals surface area contributed by atoms with Crippen molar-refractivity contribution in [2.24, 2.45) is 0 Å². The van der Waals surface area contributed by atoms with Crippen molar-refractivity contribution >= 4 is 23.1 Å². The Labute approximate surface area is 216 Å². The maximum Gasteiger partial charge on any atom is 0.194 e. The minimum atomic E-state index is -0.173. The Hall–Kier alpha value is -4.44. The van der Waals surface area contributed by atoms with E-state index in [0.717, 1.165) is 11.1 Å². The third kappa shape index (κ3) is 4.05. The number of carbonyl (C=O) groups is 4. The summed E-state index contributed by atoms with van der Waals surface area (Å²) in [5.41, 5.74) is 5.93. The summed E-state index contributed by atoms with van der Waals surface area (Å²) in [4.78, 5) is 49.8. The number of benzene rings is 4. The second-order valence-corrected chi connectivity index (χ2v) is 10.4. The predicted octanol–water partition coefficient (Wildman–Crippen LogP) is 6.53. The Bertz CT molecular complexity index is 1630. The number of hydrogen-bond acceptors (Lipinski definition) is 4. The molecule has 0 aliphatic heterocycles. The summed E-state index contributed by atoms with van der Waals surface area (Å²) in [6, 6.07) is 25.0. The molecule has 4 nitrogen and oxygen atoms in total. The minimum absolute atomic E-state index is 0.0410. The average molecular weight is 487 g/mol. The number of aryl methyl sites for hydroxylation is 1. The van der Waals surface area contributed by atoms with Crippen LogP contribution >= 0.6 is 0 Å². The normalized spacial score (nSPS) is 13.6. The second-order valence-electron chi connectivity index (χ2n) is 10.4. The molecule has 0 radical (unpaired) electrons. The zero-order chi connectivity index (χ0) is 26.5. The molecule has 0 heterocycles. The van der Waals surface area contributed by atoms with E-state index >= 15 is 0 Å². The van der Waals surface area contributed by atoms with Crippen molar-refractivity contribution in [1.82, 2.24) is 0 Å². The quantitative estimate of drug-likeness (QED) is 0.245. The third-order valence-corrected chi connectivity index (χ3v) is 6.84. The van der Waals surface area contributed by atoms with Crippen molar-refractivity contribution in [3.05, 3.63) is 141 Å². The molecule has 0 atom stereocenters. The van der Waals surface area contributed by atoms with Crippen molar-refractivity contribution < 1.29 is 19.2 Å². The Morgan fingerprint density at radius 2 is 0.892 bits per heavy atom. The van der Waals surface area contributed by atoms with Crippen molar-refractivity contribution in [3.63, 3.8) is 0 Å². The van der Waals surface area contributed by atoms with Crippen molar-refractivity contribution in [2.45, 2.75) is 33.1 Å². The standard InChI is InChI=1S/C18H16O2.C15H10O2/c1-18(2,3)14-10-6-9-13-15(14)17(20)12-8-5-4-7-11(12)16(13)19;1-9-6-7-12-13(8-9)15(17)11-5-3-2-4-10(11)14(12)16/h4-10H,1-3H3;2-8H,1H3. The van der Waals surface area contributed by atoms with Gasteiger partial charge in [0.25, 0.3) is 0 Å². The first kappa shape index (κ1) is 24.3. The van der Waals surface area contributed by atoms with Crippen LogP contribution in [0.25, 0.3) is 0 Å². The summed E-state index contributed by atoms with van der Waals surface area (Å²) in [6.45, 7) is 8.08. The molecule has 4 aromatic rings. The molecule has 0 aromatic heterocycles. The maximum atomic E-state index is 12.8. The van der Waals surface area contributed by atoms with E-state index in [1.165, 1.54) is 0 Å². The van der Waals surface area contributed by atoms with Crippen molar-refractivity contribution in [2.75, 3.05) is 0 Å². The summed E-state index contributed by atoms with van der Waals surface area (Å²) in [5, 5.41) is 0. The fourth-order valence-electron chi connectivity index (χ4n) is 4.98. The van der Waals surface area contributed by atoms with E-state index < -0.39 is 0 Å². The van der Waals surface area contributed by atoms with Crippen LogP contribution in [0.2, 0.25) is 0 Å². The van der Waals surface area contributed by atoms with Gasteiger partial charge >= 0.3 is 0 Å². The molecule has 0 N–H and O–H groups in total. The van der Waals surface area contributed by atoms with E-state index in [1.807, 2.05) is 25.1 Å². The molecule has 0 amide bonds. The number of carbonyl (C=O) groups excluding carboxylic acids is 4. The second kappa shape index (κ2) is 8.90. The van der Waals surface area contributed by atoms with Gasteiger partial charge in [0.15, 0.2) is 23.1 Å². The van der Waals surface area contributed by atoms with Crippen LogP contribution in [0.1, 0.15) is 95.6 Å². The van der Waals surface area contributed by atoms with Crippen LogP contribution in [0.4, 0.5) is 0 Å². The van der Waals surface area contributed by atoms with E-state index in [4.69, 9.17) is 0 Å². The first-order valence-electron chi connectivity index (χ1n) is 12.2. The molecule has 37 heavy (non-hydrogen) atoms. The minimum Gasteiger partial charge on any atom is -0.289 e. The molecule has 0 unspecified atom stereocenters. The Morgan fingerprint density at radius 1 is 0.459 bits per heavy atom. The largest absolute Gasteiger partial charge is 0.289 e. The van der Waals surface area contributed by atoms with Gasteiger partial charge in [-0.3, -0.25) is 19.2 Å². The summed E-state index contributed by atoms with van der Waals surface area (Å²) >= 11 is 0. The van der Waals surface area contributed by atoms with Gasteiger partial charge in [-0.1, -0.05) is 105 Å². The van der Waals surface area contributed by atoms with Gasteiger partial charge in [-0.05, 0) is 24.0 Å². The topological polar surface area (TPSA) is 68.3 Å². The van der Waals surface area contributed by atoms with E-state index in [1.54, 1.807) is 66.7 Å². The fourth-order valence-corrected chi connectivity index (χ4v) is 4.98. The molecule has 0 bridgehead atoms. The van der Waals surface area contributed by atoms with Gasteiger partial charge in [-0.25, -0.2) is 0 Å². The first-order valence-corrected chi connectivity index (χ1v) is 12.2. The summed E-state index contributed by atoms with van der Waals surface area (Å²) in [5.74, 6) is -0.212. The van der Waals surface area contributed by atoms with Crippen LogP contribution < -0.4 is 0 Å². The molecule has 0 saturated carbocycles. The third-order valence-electron chi connectivity index (χ3n) is 6.84. The summed E-state index contributed by atoms with van der Waals surface area (Å²) < 4.78 is 0. The molecule has 2 aliphatic rings. The van der Waals surface area contributed by atoms with E-state index in [0.29, 0.717) is 44.5 Å². The monoisotopic (exact) mass is 486 g/mol. The molecule has 4 aromatic carbocycles. The molecule has 4 heteroatoms. The number of fused-ring (bicyclic) bond motifs is 4. The number of ketones is 4. The Balaban J connectivity index is 0.000000153. The van der Waals surface area contributed by atoms with E-state index in [9.17, 15) is 19.2 Å². The molecule has 0 spiro atoms. The maximum absolute atomic E-state index is 12.8. The summed E-state index contributed by atoms with van der Waals surface area (Å²) in [7, 11) is 0. The smallest absolute Gasteiger partial charge is 0.194 e. The van der Waals surface area contributed by atoms with E-state index in [-0.39, 0.29) is 28.5 Å². The van der Waals surface area contributed by atoms with Gasteiger partial charge in [0, 0.05) is 44.5 Å². The lowest BCUT2D eigenvalue weighted by molar-refractivity contribution is 0.0977. The molecule has 2 aliphatic carbocycles. The number of hydrogen-bond donors (Lipinski definition) is 0. The van der Waals surface area contributed by atoms with Crippen molar-refractivity contribution in [1.29, 1.82) is 0 Å². The molecule has 0 fully saturated rings. The zero-order valence-electron chi connectivity index (χ0n) is 21.2. The van der Waals surface area contributed by atoms with Crippen LogP contribution in [0.5, 0.6) is 0 Å². The molecule has 0 saturated heterocycles. The van der Waals surface area contributed by atoms with Crippen molar-refractivity contribution in [3.8, 4) is 0 Å². The van der Waals surface area contributed by atoms with Gasteiger partial charge in [-0.2, -0.15) is 0 Å². The molecular formula is C33H26O4. The van der Waals surface area contributed by atoms with Crippen LogP contribution in [-0.4, -0.2) is 23.1 Å². The zero-order valence-corrected chi connectivity index (χ0v) is 21.2. The highest BCUT2D eigenvalue weighted by Gasteiger charge is 2.34. The van der Waals surface area contributed by atoms with Crippen LogP contribution in [-0.2, 0) is 5.41 Å². The fraction of sp³-hybridized carbons (Fsp3) is 0.152. The van der Waals surface area contributed by atoms with Crippen LogP contribution in [0.3, 0.4) is 0 Å². The number of rotatable bonds is 0. The molecule has 182 valence electrons. The lowest BCUT2D eigenvalue weighted by atomic mass is 9.75. The average Bonchev–Trinajstić information content (AvgIpc) is 2.90. The summed E-state index contributed by atoms with van der Waals surface area (Å²) in [6.07, 6.45) is 0. The Morgan fingerprint density at radius 3 is 1.43 bits per heavy atom. The van der Waals surface area contributed by atoms with Gasteiger partial charge in [0.2, 0.25) is 0 Å².